The average molecular weight is 509 g/mol. The predicted molar refractivity (Wildman–Crippen MR) is 134 cm³/mol. The Morgan fingerprint density at radius 2 is 1.11 bits per heavy atom. The van der Waals surface area contributed by atoms with Crippen molar-refractivity contribution in [2.45, 2.75) is 9.79 Å². The lowest BCUT2D eigenvalue weighted by molar-refractivity contribution is 0.482. The zero-order chi connectivity index (χ0) is 25.1. The molecule has 4 aromatic rings. The van der Waals surface area contributed by atoms with Gasteiger partial charge in [-0.25, -0.2) is 16.8 Å². The molecular formula is C24H20N4O5S2. The minimum absolute atomic E-state index is 0.0346. The van der Waals surface area contributed by atoms with Crippen molar-refractivity contribution >= 4 is 42.8 Å². The van der Waals surface area contributed by atoms with Crippen molar-refractivity contribution in [3.05, 3.63) is 97.1 Å². The molecule has 0 spiro atoms. The monoisotopic (exact) mass is 508 g/mol. The average Bonchev–Trinajstić information content (AvgIpc) is 2.82. The second-order valence-corrected chi connectivity index (χ2v) is 10.7. The van der Waals surface area contributed by atoms with Gasteiger partial charge in [0.2, 0.25) is 0 Å². The molecule has 4 aromatic carbocycles. The van der Waals surface area contributed by atoms with E-state index < -0.39 is 20.0 Å². The first-order valence-electron chi connectivity index (χ1n) is 10.1. The molecule has 0 aliphatic rings. The van der Waals surface area contributed by atoms with E-state index in [1.54, 1.807) is 48.5 Å². The third-order valence-electron chi connectivity index (χ3n) is 4.67. The highest BCUT2D eigenvalue weighted by molar-refractivity contribution is 7.93. The van der Waals surface area contributed by atoms with Crippen molar-refractivity contribution in [3.63, 3.8) is 0 Å². The van der Waals surface area contributed by atoms with Gasteiger partial charge >= 0.3 is 0 Å². The van der Waals surface area contributed by atoms with Gasteiger partial charge in [-0.2, -0.15) is 0 Å². The summed E-state index contributed by atoms with van der Waals surface area (Å²) in [5, 5.41) is 0. The summed E-state index contributed by atoms with van der Waals surface area (Å²) in [5.74, 6) is 0.531. The maximum Gasteiger partial charge on any atom is 0.269 e. The summed E-state index contributed by atoms with van der Waals surface area (Å²) in [6.07, 6.45) is 0. The smallest absolute Gasteiger partial charge is 0.269 e. The Hall–Kier alpha value is -4.40. The first-order valence-corrected chi connectivity index (χ1v) is 13.1. The number of anilines is 4. The number of nitrogen functional groups attached to an aromatic ring is 2. The Labute approximate surface area is 203 Å². The van der Waals surface area contributed by atoms with E-state index in [0.29, 0.717) is 28.5 Å². The van der Waals surface area contributed by atoms with Gasteiger partial charge in [-0.15, -0.1) is 0 Å². The standard InChI is InChI=1S/C24H20N4O5S2/c25-17-1-5-19(6-2-17)27-34(29,30)23-13-9-21(10-14-23)33-22-11-15-24(16-12-22)35(31,32)28-20-7-3-18(26)4-8-20/h1-11,13-15,27-28H,25-26H2. The van der Waals surface area contributed by atoms with Gasteiger partial charge in [0.05, 0.1) is 4.90 Å². The first-order chi connectivity index (χ1) is 16.6. The van der Waals surface area contributed by atoms with E-state index in [1.165, 1.54) is 36.4 Å². The number of benzene rings is 3. The number of hydrogen-bond donors (Lipinski definition) is 4. The molecule has 11 heteroatoms. The summed E-state index contributed by atoms with van der Waals surface area (Å²) >= 11 is 0. The Morgan fingerprint density at radius 1 is 0.600 bits per heavy atom. The number of hydrogen-bond acceptors (Lipinski definition) is 7. The van der Waals surface area contributed by atoms with Crippen LogP contribution in [0.4, 0.5) is 22.7 Å². The summed E-state index contributed by atoms with van der Waals surface area (Å²) in [5.41, 5.74) is 13.0. The molecule has 0 radical (unpaired) electrons. The van der Waals surface area contributed by atoms with Crippen LogP contribution < -0.4 is 25.6 Å². The molecule has 0 saturated heterocycles. The van der Waals surface area contributed by atoms with E-state index in [-0.39, 0.29) is 15.5 Å². The van der Waals surface area contributed by atoms with Crippen LogP contribution in [-0.4, -0.2) is 16.8 Å². The molecule has 0 unspecified atom stereocenters. The highest BCUT2D eigenvalue weighted by Gasteiger charge is 2.16. The molecule has 0 bridgehead atoms. The number of rotatable bonds is 8. The molecule has 0 aromatic heterocycles. The molecule has 0 aliphatic carbocycles. The maximum atomic E-state index is 12.6. The molecule has 0 atom stereocenters. The van der Waals surface area contributed by atoms with Crippen molar-refractivity contribution in [1.29, 1.82) is 0 Å². The van der Waals surface area contributed by atoms with Crippen LogP contribution in [-0.2, 0) is 20.0 Å². The van der Waals surface area contributed by atoms with Gasteiger partial charge < -0.3 is 16.2 Å². The molecule has 9 nitrogen and oxygen atoms in total. The third kappa shape index (κ3) is 5.94. The highest BCUT2D eigenvalue weighted by Crippen LogP contribution is 2.24. The van der Waals surface area contributed by atoms with Crippen molar-refractivity contribution < 1.29 is 21.6 Å². The van der Waals surface area contributed by atoms with Crippen LogP contribution in [0.15, 0.2) is 94.7 Å². The fraction of sp³-hybridized carbons (Fsp3) is 0. The van der Waals surface area contributed by atoms with Crippen molar-refractivity contribution in [3.8, 4) is 11.5 Å². The van der Waals surface area contributed by atoms with E-state index in [2.05, 4.69) is 21.6 Å². The first kappa shape index (κ1) is 23.7. The zero-order valence-electron chi connectivity index (χ0n) is 18.1. The van der Waals surface area contributed by atoms with Crippen LogP contribution in [0, 0.1) is 12.1 Å². The van der Waals surface area contributed by atoms with Crippen LogP contribution in [0.3, 0.4) is 0 Å². The Morgan fingerprint density at radius 3 is 1.60 bits per heavy atom. The largest absolute Gasteiger partial charge is 0.448 e. The molecule has 0 saturated carbocycles. The second-order valence-electron chi connectivity index (χ2n) is 7.34. The quantitative estimate of drug-likeness (QED) is 0.264. The van der Waals surface area contributed by atoms with E-state index in [0.717, 1.165) is 0 Å². The van der Waals surface area contributed by atoms with Gasteiger partial charge in [-0.1, -0.05) is 0 Å². The maximum absolute atomic E-state index is 12.6. The van der Waals surface area contributed by atoms with Crippen molar-refractivity contribution in [2.75, 3.05) is 20.9 Å². The molecule has 6 N–H and O–H groups in total. The van der Waals surface area contributed by atoms with Crippen molar-refractivity contribution in [2.24, 2.45) is 0 Å². The van der Waals surface area contributed by atoms with Crippen LogP contribution in [0.25, 0.3) is 0 Å². The van der Waals surface area contributed by atoms with E-state index in [4.69, 9.17) is 16.2 Å². The highest BCUT2D eigenvalue weighted by atomic mass is 32.2. The lowest BCUT2D eigenvalue weighted by Gasteiger charge is -2.10. The van der Waals surface area contributed by atoms with Gasteiger partial charge in [-0.3, -0.25) is 9.44 Å². The molecule has 0 heterocycles. The molecule has 0 aliphatic heterocycles. The molecular weight excluding hydrogens is 488 g/mol. The van der Waals surface area contributed by atoms with Gasteiger partial charge in [0, 0.05) is 22.7 Å². The summed E-state index contributed by atoms with van der Waals surface area (Å²) in [6, 6.07) is 26.2. The van der Waals surface area contributed by atoms with Crippen LogP contribution in [0.2, 0.25) is 0 Å². The van der Waals surface area contributed by atoms with Gasteiger partial charge in [0.1, 0.15) is 10.6 Å². The molecule has 35 heavy (non-hydrogen) atoms. The summed E-state index contributed by atoms with van der Waals surface area (Å²) in [4.78, 5) is -0.0933. The number of sulfonamides is 2. The topological polar surface area (TPSA) is 154 Å². The minimum atomic E-state index is -3.88. The summed E-state index contributed by atoms with van der Waals surface area (Å²) < 4.78 is 60.7. The van der Waals surface area contributed by atoms with E-state index in [9.17, 15) is 16.8 Å². The third-order valence-corrected chi connectivity index (χ3v) is 7.39. The van der Waals surface area contributed by atoms with Gasteiger partial charge in [0.25, 0.3) is 20.0 Å². The summed E-state index contributed by atoms with van der Waals surface area (Å²) in [7, 11) is -7.69. The fourth-order valence-electron chi connectivity index (χ4n) is 2.91. The lowest BCUT2D eigenvalue weighted by Crippen LogP contribution is -2.12. The fourth-order valence-corrected chi connectivity index (χ4v) is 4.96. The van der Waals surface area contributed by atoms with Gasteiger partial charge in [-0.05, 0) is 97.1 Å². The molecule has 178 valence electrons. The number of ether oxygens (including phenoxy) is 1. The second kappa shape index (κ2) is 9.46. The molecule has 4 rings (SSSR count). The van der Waals surface area contributed by atoms with Crippen LogP contribution in [0.1, 0.15) is 0 Å². The molecule has 0 amide bonds. The van der Waals surface area contributed by atoms with E-state index in [1.807, 2.05) is 0 Å². The Kier molecular flexibility index (Phi) is 6.42. The normalized spacial score (nSPS) is 11.3. The Bertz CT molecular complexity index is 1400. The minimum Gasteiger partial charge on any atom is -0.448 e. The van der Waals surface area contributed by atoms with Crippen LogP contribution in [0.5, 0.6) is 11.5 Å². The Balaban J connectivity index is 1.42. The number of nitrogens with two attached hydrogens (primary N) is 2. The summed E-state index contributed by atoms with van der Waals surface area (Å²) in [6.45, 7) is 0. The van der Waals surface area contributed by atoms with Gasteiger partial charge in [0.15, 0.2) is 5.75 Å². The van der Waals surface area contributed by atoms with E-state index >= 15 is 0 Å². The number of nitrogens with one attached hydrogen (secondary N) is 2. The molecule has 0 fully saturated rings. The zero-order valence-corrected chi connectivity index (χ0v) is 19.7. The SMILES string of the molecule is Nc1ccc(NS(=O)(=O)c2c#cc(Oc3ccc(S(=O)(=O)Nc4ccc(N)cc4)cc3)cc2)cc1. The predicted octanol–water partition coefficient (Wildman–Crippen LogP) is 3.85. The lowest BCUT2D eigenvalue weighted by atomic mass is 10.3. The van der Waals surface area contributed by atoms with Crippen LogP contribution >= 0.6 is 0 Å². The van der Waals surface area contributed by atoms with Crippen molar-refractivity contribution in [1.82, 2.24) is 0 Å².